The summed E-state index contributed by atoms with van der Waals surface area (Å²) in [6.07, 6.45) is 5.20. The number of nitrogens with zero attached hydrogens (tertiary/aromatic N) is 3. The van der Waals surface area contributed by atoms with Crippen LogP contribution < -0.4 is 20.9 Å². The van der Waals surface area contributed by atoms with Crippen molar-refractivity contribution in [3.8, 4) is 0 Å². The molecule has 1 aromatic heterocycles. The molecule has 4 rings (SSSR count). The average molecular weight is 352 g/mol. The van der Waals surface area contributed by atoms with E-state index in [-0.39, 0.29) is 0 Å². The third-order valence-corrected chi connectivity index (χ3v) is 5.04. The Kier molecular flexibility index (Phi) is 4.97. The number of carbonyl (C=O) groups excluding carboxylic acids is 1. The highest BCUT2D eigenvalue weighted by molar-refractivity contribution is 5.87. The van der Waals surface area contributed by atoms with Gasteiger partial charge in [0.05, 0.1) is 0 Å². The molecular weight excluding hydrogens is 328 g/mol. The Morgan fingerprint density at radius 2 is 1.96 bits per heavy atom. The molecule has 2 aliphatic rings. The van der Waals surface area contributed by atoms with Crippen LogP contribution in [0.5, 0.6) is 0 Å². The first kappa shape index (κ1) is 16.8. The Bertz CT molecular complexity index is 745. The Morgan fingerprint density at radius 3 is 2.73 bits per heavy atom. The van der Waals surface area contributed by atoms with Gasteiger partial charge in [0.25, 0.3) is 0 Å². The number of aldehydes is 1. The number of anilines is 3. The number of nitrogens with one attached hydrogen (secondary N) is 3. The monoisotopic (exact) mass is 352 g/mol. The zero-order valence-electron chi connectivity index (χ0n) is 14.7. The Balaban J connectivity index is 1.29. The van der Waals surface area contributed by atoms with Crippen LogP contribution in [0, 0.1) is 0 Å². The molecule has 0 bridgehead atoms. The Hall–Kier alpha value is -2.67. The summed E-state index contributed by atoms with van der Waals surface area (Å²) in [5, 5.41) is 9.88. The summed E-state index contributed by atoms with van der Waals surface area (Å²) < 4.78 is 0. The Morgan fingerprint density at radius 1 is 1.15 bits per heavy atom. The molecular formula is C19H24N6O. The summed E-state index contributed by atoms with van der Waals surface area (Å²) in [5.74, 6) is 1.59. The number of carbonyl (C=O) groups is 1. The van der Waals surface area contributed by atoms with E-state index in [1.54, 1.807) is 6.33 Å². The van der Waals surface area contributed by atoms with Crippen molar-refractivity contribution in [3.05, 3.63) is 42.2 Å². The quantitative estimate of drug-likeness (QED) is 0.682. The lowest BCUT2D eigenvalue weighted by Gasteiger charge is -2.34. The van der Waals surface area contributed by atoms with Gasteiger partial charge in [-0.05, 0) is 31.4 Å². The lowest BCUT2D eigenvalue weighted by Crippen LogP contribution is -2.43. The summed E-state index contributed by atoms with van der Waals surface area (Å²) in [4.78, 5) is 21.9. The van der Waals surface area contributed by atoms with Crippen molar-refractivity contribution < 1.29 is 4.79 Å². The largest absolute Gasteiger partial charge is 0.355 e. The van der Waals surface area contributed by atoms with Gasteiger partial charge in [0.2, 0.25) is 0 Å². The number of hydrogen-bond acceptors (Lipinski definition) is 7. The predicted octanol–water partition coefficient (Wildman–Crippen LogP) is 1.64. The van der Waals surface area contributed by atoms with Crippen molar-refractivity contribution in [1.29, 1.82) is 0 Å². The number of benzene rings is 1. The van der Waals surface area contributed by atoms with Crippen LogP contribution in [-0.4, -0.2) is 48.1 Å². The molecule has 136 valence electrons. The first-order valence-electron chi connectivity index (χ1n) is 9.19. The minimum atomic E-state index is -0.419. The second-order valence-electron chi connectivity index (χ2n) is 6.77. The van der Waals surface area contributed by atoms with Crippen LogP contribution in [0.3, 0.4) is 0 Å². The van der Waals surface area contributed by atoms with Gasteiger partial charge in [0, 0.05) is 19.1 Å². The van der Waals surface area contributed by atoms with Crippen LogP contribution in [0.25, 0.3) is 0 Å². The van der Waals surface area contributed by atoms with E-state index in [1.165, 1.54) is 5.56 Å². The molecule has 0 amide bonds. The van der Waals surface area contributed by atoms with E-state index in [0.29, 0.717) is 11.9 Å². The summed E-state index contributed by atoms with van der Waals surface area (Å²) in [6.45, 7) is 2.89. The van der Waals surface area contributed by atoms with Crippen LogP contribution in [0.4, 0.5) is 17.3 Å². The minimum Gasteiger partial charge on any atom is -0.355 e. The average Bonchev–Trinajstić information content (AvgIpc) is 3.13. The van der Waals surface area contributed by atoms with Gasteiger partial charge in [0.1, 0.15) is 12.0 Å². The molecule has 0 aliphatic carbocycles. The van der Waals surface area contributed by atoms with E-state index >= 15 is 0 Å². The summed E-state index contributed by atoms with van der Waals surface area (Å²) >= 11 is 0. The maximum Gasteiger partial charge on any atom is 0.162 e. The van der Waals surface area contributed by atoms with Gasteiger partial charge in [0.15, 0.2) is 24.1 Å². The molecule has 1 atom stereocenters. The van der Waals surface area contributed by atoms with Gasteiger partial charge >= 0.3 is 0 Å². The van der Waals surface area contributed by atoms with Gasteiger partial charge < -0.3 is 20.9 Å². The van der Waals surface area contributed by atoms with E-state index in [4.69, 9.17) is 0 Å². The van der Waals surface area contributed by atoms with Crippen molar-refractivity contribution in [2.75, 3.05) is 35.2 Å². The fraction of sp³-hybridized carbons (Fsp3) is 0.421. The predicted molar refractivity (Wildman–Crippen MR) is 103 cm³/mol. The maximum absolute atomic E-state index is 11.0. The molecule has 7 heteroatoms. The molecule has 3 heterocycles. The first-order valence-corrected chi connectivity index (χ1v) is 9.19. The molecule has 1 unspecified atom stereocenters. The molecule has 2 aliphatic heterocycles. The summed E-state index contributed by atoms with van der Waals surface area (Å²) in [7, 11) is 0. The fourth-order valence-corrected chi connectivity index (χ4v) is 3.63. The van der Waals surface area contributed by atoms with Crippen molar-refractivity contribution in [3.63, 3.8) is 0 Å². The summed E-state index contributed by atoms with van der Waals surface area (Å²) in [6, 6.07) is 11.1. The lowest BCUT2D eigenvalue weighted by atomic mass is 10.0. The maximum atomic E-state index is 11.0. The number of hydrogen-bond donors (Lipinski definition) is 3. The number of piperidine rings is 1. The fourth-order valence-electron chi connectivity index (χ4n) is 3.63. The third kappa shape index (κ3) is 3.62. The molecule has 0 spiro atoms. The van der Waals surface area contributed by atoms with Gasteiger partial charge in [-0.3, -0.25) is 4.79 Å². The Labute approximate surface area is 153 Å². The van der Waals surface area contributed by atoms with Crippen LogP contribution >= 0.6 is 0 Å². The topological polar surface area (TPSA) is 82.2 Å². The highest BCUT2D eigenvalue weighted by Gasteiger charge is 2.28. The van der Waals surface area contributed by atoms with Gasteiger partial charge in [-0.2, -0.15) is 0 Å². The van der Waals surface area contributed by atoms with Crippen LogP contribution in [0.1, 0.15) is 18.4 Å². The van der Waals surface area contributed by atoms with E-state index < -0.39 is 6.17 Å². The van der Waals surface area contributed by atoms with Crippen LogP contribution in [0.2, 0.25) is 0 Å². The van der Waals surface area contributed by atoms with Crippen molar-refractivity contribution >= 4 is 23.6 Å². The molecule has 2 aromatic rings. The third-order valence-electron chi connectivity index (χ3n) is 5.04. The zero-order chi connectivity index (χ0) is 17.8. The molecule has 1 aromatic carbocycles. The highest BCUT2D eigenvalue weighted by Crippen LogP contribution is 2.35. The van der Waals surface area contributed by atoms with Gasteiger partial charge in [-0.1, -0.05) is 30.3 Å². The smallest absolute Gasteiger partial charge is 0.162 e. The van der Waals surface area contributed by atoms with E-state index in [2.05, 4.69) is 61.2 Å². The minimum absolute atomic E-state index is 0.419. The molecule has 3 N–H and O–H groups in total. The lowest BCUT2D eigenvalue weighted by molar-refractivity contribution is -0.107. The van der Waals surface area contributed by atoms with Crippen LogP contribution in [-0.2, 0) is 11.2 Å². The van der Waals surface area contributed by atoms with Crippen LogP contribution in [0.15, 0.2) is 36.7 Å². The van der Waals surface area contributed by atoms with E-state index in [9.17, 15) is 4.79 Å². The molecule has 7 nitrogen and oxygen atoms in total. The number of aromatic nitrogens is 2. The second kappa shape index (κ2) is 7.70. The molecule has 1 saturated heterocycles. The molecule has 1 fully saturated rings. The SMILES string of the molecule is O=CC1Nc2ncnc(N3CCC(NCCc4ccccc4)CC3)c2N1. The second-order valence-corrected chi connectivity index (χ2v) is 6.77. The van der Waals surface area contributed by atoms with E-state index in [1.807, 2.05) is 0 Å². The standard InChI is InChI=1S/C19H24N6O/c26-12-16-23-17-18(24-16)21-13-22-19(17)25-10-7-15(8-11-25)20-9-6-14-4-2-1-3-5-14/h1-5,12-13,15-16,20,23H,6-11H2,(H,21,22,24). The van der Waals surface area contributed by atoms with Gasteiger partial charge in [-0.25, -0.2) is 9.97 Å². The molecule has 26 heavy (non-hydrogen) atoms. The van der Waals surface area contributed by atoms with E-state index in [0.717, 1.165) is 56.7 Å². The molecule has 0 radical (unpaired) electrons. The number of rotatable bonds is 6. The zero-order valence-corrected chi connectivity index (χ0v) is 14.7. The number of fused-ring (bicyclic) bond motifs is 1. The summed E-state index contributed by atoms with van der Waals surface area (Å²) in [5.41, 5.74) is 2.21. The van der Waals surface area contributed by atoms with Crippen molar-refractivity contribution in [2.45, 2.75) is 31.5 Å². The normalized spacial score (nSPS) is 19.5. The molecule has 0 saturated carbocycles. The van der Waals surface area contributed by atoms with Gasteiger partial charge in [-0.15, -0.1) is 0 Å². The van der Waals surface area contributed by atoms with Crippen molar-refractivity contribution in [1.82, 2.24) is 15.3 Å². The first-order chi connectivity index (χ1) is 12.8. The highest BCUT2D eigenvalue weighted by atomic mass is 16.1. The van der Waals surface area contributed by atoms with Crippen molar-refractivity contribution in [2.24, 2.45) is 0 Å².